The van der Waals surface area contributed by atoms with Gasteiger partial charge in [0.15, 0.2) is 0 Å². The number of hydrogen-bond acceptors (Lipinski definition) is 6. The van der Waals surface area contributed by atoms with E-state index in [4.69, 9.17) is 5.73 Å². The molecule has 2 heterocycles. The summed E-state index contributed by atoms with van der Waals surface area (Å²) in [6, 6.07) is 20.9. The molecule has 0 atom stereocenters. The van der Waals surface area contributed by atoms with Crippen molar-refractivity contribution in [3.8, 4) is 11.1 Å². The van der Waals surface area contributed by atoms with Gasteiger partial charge in [0.25, 0.3) is 0 Å². The fraction of sp³-hybridized carbons (Fsp3) is 0.441. The second kappa shape index (κ2) is 12.9. The molecule has 0 unspecified atom stereocenters. The first-order valence-corrected chi connectivity index (χ1v) is 15.5. The predicted molar refractivity (Wildman–Crippen MR) is 168 cm³/mol. The third kappa shape index (κ3) is 6.59. The number of nitrogens with two attached hydrogens (primary N) is 1. The Morgan fingerprint density at radius 1 is 0.881 bits per heavy atom. The molecule has 2 amide bonds. The minimum atomic E-state index is 0.106. The number of rotatable bonds is 11. The highest BCUT2D eigenvalue weighted by atomic mass is 16.2. The van der Waals surface area contributed by atoms with Crippen LogP contribution in [0.25, 0.3) is 11.1 Å². The number of pyridine rings is 1. The summed E-state index contributed by atoms with van der Waals surface area (Å²) in [6.45, 7) is 5.31. The third-order valence-electron chi connectivity index (χ3n) is 8.83. The van der Waals surface area contributed by atoms with Gasteiger partial charge in [-0.25, -0.2) is 4.98 Å². The Morgan fingerprint density at radius 3 is 2.36 bits per heavy atom. The van der Waals surface area contributed by atoms with E-state index in [1.165, 1.54) is 0 Å². The second-order valence-corrected chi connectivity index (χ2v) is 11.9. The smallest absolute Gasteiger partial charge is 0.227 e. The highest BCUT2D eigenvalue weighted by Gasteiger charge is 2.33. The van der Waals surface area contributed by atoms with Crippen molar-refractivity contribution >= 4 is 29.0 Å². The molecular weight excluding hydrogens is 524 g/mol. The summed E-state index contributed by atoms with van der Waals surface area (Å²) in [6.07, 6.45) is 7.69. The van der Waals surface area contributed by atoms with Crippen LogP contribution in [-0.2, 0) is 16.1 Å². The van der Waals surface area contributed by atoms with Gasteiger partial charge >= 0.3 is 0 Å². The van der Waals surface area contributed by atoms with Crippen molar-refractivity contribution in [2.24, 2.45) is 17.6 Å². The van der Waals surface area contributed by atoms with Crippen molar-refractivity contribution in [1.29, 1.82) is 0 Å². The Labute approximate surface area is 248 Å². The zero-order chi connectivity index (χ0) is 28.9. The molecule has 2 aliphatic carbocycles. The zero-order valence-corrected chi connectivity index (χ0v) is 24.4. The molecule has 3 N–H and O–H groups in total. The average Bonchev–Trinajstić information content (AvgIpc) is 3.85. The largest absolute Gasteiger partial charge is 0.366 e. The molecule has 0 spiro atoms. The second-order valence-electron chi connectivity index (χ2n) is 11.9. The van der Waals surface area contributed by atoms with Crippen LogP contribution in [0.3, 0.4) is 0 Å². The van der Waals surface area contributed by atoms with E-state index in [0.717, 1.165) is 98.6 Å². The lowest BCUT2D eigenvalue weighted by Gasteiger charge is -2.37. The lowest BCUT2D eigenvalue weighted by atomic mass is 9.85. The highest BCUT2D eigenvalue weighted by Crippen LogP contribution is 2.36. The molecule has 8 heteroatoms. The number of amides is 2. The van der Waals surface area contributed by atoms with E-state index in [2.05, 4.69) is 68.6 Å². The maximum atomic E-state index is 13.1. The van der Waals surface area contributed by atoms with E-state index >= 15 is 0 Å². The standard InChI is InChI=1S/C34H42N6O2/c35-15-5-17-40(34(42)27-11-12-27)24-25-6-3-9-28(22-25)29-13-14-31(30(23-29)37-33(41)26-7-4-8-26)38-18-20-39(21-19-38)32-10-1-2-16-36-32/h1-3,6,9-10,13-14,16,22-23,26-27H,4-5,7-8,11-12,15,17-21,24,35H2,(H,37,41). The fourth-order valence-corrected chi connectivity index (χ4v) is 5.92. The van der Waals surface area contributed by atoms with Crippen molar-refractivity contribution in [3.05, 3.63) is 72.4 Å². The first-order valence-electron chi connectivity index (χ1n) is 15.5. The van der Waals surface area contributed by atoms with Crippen molar-refractivity contribution in [2.45, 2.75) is 45.1 Å². The summed E-state index contributed by atoms with van der Waals surface area (Å²) >= 11 is 0. The Hall–Kier alpha value is -3.91. The van der Waals surface area contributed by atoms with Crippen LogP contribution in [0.15, 0.2) is 66.9 Å². The average molecular weight is 567 g/mol. The molecule has 0 radical (unpaired) electrons. The Balaban J connectivity index is 1.22. The molecule has 1 aliphatic heterocycles. The Kier molecular flexibility index (Phi) is 8.70. The van der Waals surface area contributed by atoms with Crippen LogP contribution in [0.4, 0.5) is 17.2 Å². The van der Waals surface area contributed by atoms with Crippen molar-refractivity contribution in [2.75, 3.05) is 54.4 Å². The van der Waals surface area contributed by atoms with Gasteiger partial charge < -0.3 is 25.8 Å². The number of benzene rings is 2. The van der Waals surface area contributed by atoms with Crippen LogP contribution >= 0.6 is 0 Å². The van der Waals surface area contributed by atoms with E-state index in [-0.39, 0.29) is 23.7 Å². The number of carbonyl (C=O) groups excluding carboxylic acids is 2. The predicted octanol–water partition coefficient (Wildman–Crippen LogP) is 4.90. The minimum absolute atomic E-state index is 0.106. The Morgan fingerprint density at radius 2 is 1.67 bits per heavy atom. The summed E-state index contributed by atoms with van der Waals surface area (Å²) in [5.74, 6) is 1.67. The number of anilines is 3. The number of nitrogens with zero attached hydrogens (tertiary/aromatic N) is 4. The van der Waals surface area contributed by atoms with Gasteiger partial charge in [0.2, 0.25) is 11.8 Å². The summed E-state index contributed by atoms with van der Waals surface area (Å²) < 4.78 is 0. The maximum absolute atomic E-state index is 13.1. The van der Waals surface area contributed by atoms with Gasteiger partial charge in [0.1, 0.15) is 5.82 Å². The summed E-state index contributed by atoms with van der Waals surface area (Å²) in [7, 11) is 0. The topological polar surface area (TPSA) is 94.8 Å². The molecule has 1 aromatic heterocycles. The third-order valence-corrected chi connectivity index (χ3v) is 8.83. The number of piperazine rings is 1. The number of nitrogens with one attached hydrogen (secondary N) is 1. The minimum Gasteiger partial charge on any atom is -0.366 e. The van der Waals surface area contributed by atoms with Gasteiger partial charge in [0.05, 0.1) is 11.4 Å². The van der Waals surface area contributed by atoms with Crippen LogP contribution in [0, 0.1) is 11.8 Å². The number of aromatic nitrogens is 1. The van der Waals surface area contributed by atoms with Gasteiger partial charge in [-0.1, -0.05) is 36.8 Å². The molecule has 0 bridgehead atoms. The van der Waals surface area contributed by atoms with Crippen LogP contribution in [-0.4, -0.2) is 61.0 Å². The number of hydrogen-bond donors (Lipinski definition) is 2. The van der Waals surface area contributed by atoms with Gasteiger partial charge in [-0.2, -0.15) is 0 Å². The van der Waals surface area contributed by atoms with Crippen molar-refractivity contribution in [1.82, 2.24) is 9.88 Å². The fourth-order valence-electron chi connectivity index (χ4n) is 5.92. The molecule has 6 rings (SSSR count). The lowest BCUT2D eigenvalue weighted by Crippen LogP contribution is -2.47. The van der Waals surface area contributed by atoms with Crippen LogP contribution in [0.2, 0.25) is 0 Å². The molecule has 8 nitrogen and oxygen atoms in total. The van der Waals surface area contributed by atoms with Gasteiger partial charge in [0, 0.05) is 57.3 Å². The van der Waals surface area contributed by atoms with E-state index in [1.807, 2.05) is 23.2 Å². The molecule has 220 valence electrons. The molecule has 42 heavy (non-hydrogen) atoms. The van der Waals surface area contributed by atoms with Gasteiger partial charge in [-0.3, -0.25) is 9.59 Å². The monoisotopic (exact) mass is 566 g/mol. The summed E-state index contributed by atoms with van der Waals surface area (Å²) in [5, 5.41) is 3.30. The molecular formula is C34H42N6O2. The van der Waals surface area contributed by atoms with Crippen LogP contribution < -0.4 is 20.9 Å². The Bertz CT molecular complexity index is 1380. The summed E-state index contributed by atoms with van der Waals surface area (Å²) in [5.41, 5.74) is 10.9. The van der Waals surface area contributed by atoms with E-state index in [1.54, 1.807) is 0 Å². The zero-order valence-electron chi connectivity index (χ0n) is 24.4. The molecule has 3 aromatic rings. The van der Waals surface area contributed by atoms with Crippen LogP contribution in [0.5, 0.6) is 0 Å². The van der Waals surface area contributed by atoms with E-state index in [0.29, 0.717) is 19.6 Å². The highest BCUT2D eigenvalue weighted by molar-refractivity contribution is 5.97. The van der Waals surface area contributed by atoms with Gasteiger partial charge in [-0.05, 0) is 85.7 Å². The normalized spacial score (nSPS) is 17.1. The van der Waals surface area contributed by atoms with E-state index < -0.39 is 0 Å². The molecule has 3 aliphatic rings. The molecule has 3 fully saturated rings. The van der Waals surface area contributed by atoms with Crippen LogP contribution in [0.1, 0.15) is 44.1 Å². The van der Waals surface area contributed by atoms with E-state index in [9.17, 15) is 9.59 Å². The first kappa shape index (κ1) is 28.2. The van der Waals surface area contributed by atoms with Gasteiger partial charge in [-0.15, -0.1) is 0 Å². The first-order chi connectivity index (χ1) is 20.6. The summed E-state index contributed by atoms with van der Waals surface area (Å²) in [4.78, 5) is 37.2. The number of carbonyl (C=O) groups is 2. The molecule has 2 saturated carbocycles. The quantitative estimate of drug-likeness (QED) is 0.343. The maximum Gasteiger partial charge on any atom is 0.227 e. The molecule has 1 saturated heterocycles. The SMILES string of the molecule is NCCCN(Cc1cccc(-c2ccc(N3CCN(c4ccccn4)CC3)c(NC(=O)C3CCC3)c2)c1)C(=O)C1CC1. The van der Waals surface area contributed by atoms with Crippen molar-refractivity contribution < 1.29 is 9.59 Å². The van der Waals surface area contributed by atoms with Crippen molar-refractivity contribution in [3.63, 3.8) is 0 Å². The lowest BCUT2D eigenvalue weighted by molar-refractivity contribution is -0.133. The molecule has 2 aromatic carbocycles.